The van der Waals surface area contributed by atoms with E-state index in [2.05, 4.69) is 77.9 Å². The van der Waals surface area contributed by atoms with E-state index >= 15 is 0 Å². The molecule has 1 aliphatic rings. The third kappa shape index (κ3) is 6.21. The van der Waals surface area contributed by atoms with E-state index in [1.807, 2.05) is 24.8 Å². The van der Waals surface area contributed by atoms with Crippen molar-refractivity contribution in [1.82, 2.24) is 0 Å². The number of rotatable bonds is 10. The van der Waals surface area contributed by atoms with Gasteiger partial charge in [-0.3, -0.25) is 0 Å². The summed E-state index contributed by atoms with van der Waals surface area (Å²) in [6, 6.07) is 16.4. The molecule has 190 valence electrons. The van der Waals surface area contributed by atoms with E-state index in [0.29, 0.717) is 17.4 Å². The average molecular weight is 495 g/mol. The minimum atomic E-state index is -0.855. The van der Waals surface area contributed by atoms with Crippen LogP contribution in [-0.2, 0) is 16.8 Å². The van der Waals surface area contributed by atoms with Crippen LogP contribution in [0.2, 0.25) is 0 Å². The molecule has 0 bridgehead atoms. The van der Waals surface area contributed by atoms with Crippen LogP contribution in [0.4, 0.5) is 0 Å². The first-order valence-electron chi connectivity index (χ1n) is 12.9. The third-order valence-electron chi connectivity index (χ3n) is 7.79. The van der Waals surface area contributed by atoms with Gasteiger partial charge in [-0.15, -0.1) is 11.8 Å². The van der Waals surface area contributed by atoms with Gasteiger partial charge in [0.1, 0.15) is 0 Å². The van der Waals surface area contributed by atoms with Gasteiger partial charge in [-0.25, -0.2) is 4.79 Å². The van der Waals surface area contributed by atoms with Crippen LogP contribution in [0, 0.1) is 12.3 Å². The first kappa shape index (κ1) is 27.5. The molecule has 0 fully saturated rings. The van der Waals surface area contributed by atoms with Gasteiger partial charge in [0.05, 0.1) is 18.3 Å². The highest BCUT2D eigenvalue weighted by molar-refractivity contribution is 8.04. The summed E-state index contributed by atoms with van der Waals surface area (Å²) in [6.07, 6.45) is 4.19. The van der Waals surface area contributed by atoms with Crippen LogP contribution in [0.1, 0.15) is 94.3 Å². The molecule has 2 aromatic rings. The zero-order chi connectivity index (χ0) is 25.8. The molecule has 0 saturated heterocycles. The van der Waals surface area contributed by atoms with Crippen LogP contribution in [0.15, 0.2) is 59.0 Å². The number of benzene rings is 2. The number of allylic oxidation sites excluding steroid dienone is 1. The van der Waals surface area contributed by atoms with Crippen LogP contribution in [0.3, 0.4) is 0 Å². The summed E-state index contributed by atoms with van der Waals surface area (Å²) in [4.78, 5) is 13.0. The predicted molar refractivity (Wildman–Crippen MR) is 148 cm³/mol. The van der Waals surface area contributed by atoms with Gasteiger partial charge < -0.3 is 9.84 Å². The first-order valence-corrected chi connectivity index (χ1v) is 13.7. The van der Waals surface area contributed by atoms with Crippen molar-refractivity contribution in [2.24, 2.45) is 5.41 Å². The lowest BCUT2D eigenvalue weighted by molar-refractivity contribution is -0.0263. The SMILES string of the molecule is CCC(CC)(c1ccc(C(=O)O)c(C)c1)C1CC(C)=C(CC(OCc2ccccc2)C(C)(C)C)S1. The van der Waals surface area contributed by atoms with Crippen molar-refractivity contribution < 1.29 is 14.6 Å². The zero-order valence-corrected chi connectivity index (χ0v) is 23.3. The maximum Gasteiger partial charge on any atom is 0.335 e. The molecule has 2 unspecified atom stereocenters. The Morgan fingerprint density at radius 1 is 1.09 bits per heavy atom. The number of carboxylic acids is 1. The lowest BCUT2D eigenvalue weighted by Crippen LogP contribution is -2.36. The molecule has 3 nitrogen and oxygen atoms in total. The van der Waals surface area contributed by atoms with E-state index in [0.717, 1.165) is 31.2 Å². The van der Waals surface area contributed by atoms with Crippen LogP contribution >= 0.6 is 11.8 Å². The second kappa shape index (κ2) is 11.3. The first-order chi connectivity index (χ1) is 16.5. The number of hydrogen-bond donors (Lipinski definition) is 1. The maximum absolute atomic E-state index is 11.6. The lowest BCUT2D eigenvalue weighted by Gasteiger charge is -2.39. The number of carboxylic acid groups (broad SMARTS) is 1. The van der Waals surface area contributed by atoms with Crippen molar-refractivity contribution in [2.45, 2.75) is 97.5 Å². The summed E-state index contributed by atoms with van der Waals surface area (Å²) in [7, 11) is 0. The van der Waals surface area contributed by atoms with Gasteiger partial charge in [0.15, 0.2) is 0 Å². The molecular weight excluding hydrogens is 452 g/mol. The fourth-order valence-corrected chi connectivity index (χ4v) is 7.21. The molecule has 3 rings (SSSR count). The Kier molecular flexibility index (Phi) is 8.93. The highest BCUT2D eigenvalue weighted by Crippen LogP contribution is 2.52. The van der Waals surface area contributed by atoms with E-state index in [9.17, 15) is 9.90 Å². The number of aryl methyl sites for hydroxylation is 1. The minimum Gasteiger partial charge on any atom is -0.478 e. The fourth-order valence-electron chi connectivity index (χ4n) is 5.30. The second-order valence-electron chi connectivity index (χ2n) is 11.1. The number of ether oxygens (including phenoxy) is 1. The molecule has 35 heavy (non-hydrogen) atoms. The van der Waals surface area contributed by atoms with Crippen molar-refractivity contribution in [3.05, 3.63) is 81.3 Å². The van der Waals surface area contributed by atoms with Gasteiger partial charge in [-0.1, -0.05) is 82.7 Å². The Morgan fingerprint density at radius 3 is 2.29 bits per heavy atom. The third-order valence-corrected chi connectivity index (χ3v) is 9.49. The number of carbonyl (C=O) groups is 1. The molecule has 2 aromatic carbocycles. The summed E-state index contributed by atoms with van der Waals surface area (Å²) < 4.78 is 6.51. The van der Waals surface area contributed by atoms with Crippen LogP contribution in [0.5, 0.6) is 0 Å². The van der Waals surface area contributed by atoms with Crippen molar-refractivity contribution >= 4 is 17.7 Å². The molecule has 0 spiro atoms. The number of thioether (sulfide) groups is 1. The second-order valence-corrected chi connectivity index (χ2v) is 12.4. The zero-order valence-electron chi connectivity index (χ0n) is 22.5. The van der Waals surface area contributed by atoms with E-state index < -0.39 is 5.97 Å². The Balaban J connectivity index is 1.81. The lowest BCUT2D eigenvalue weighted by atomic mass is 9.71. The average Bonchev–Trinajstić information content (AvgIpc) is 3.18. The quantitative estimate of drug-likeness (QED) is 0.359. The van der Waals surface area contributed by atoms with Crippen molar-refractivity contribution in [3.8, 4) is 0 Å². The van der Waals surface area contributed by atoms with Gasteiger partial charge in [0.25, 0.3) is 0 Å². The van der Waals surface area contributed by atoms with E-state index in [1.165, 1.54) is 21.6 Å². The van der Waals surface area contributed by atoms with Crippen LogP contribution < -0.4 is 0 Å². The Bertz CT molecular complexity index is 1040. The fraction of sp³-hybridized carbons (Fsp3) is 0.516. The smallest absolute Gasteiger partial charge is 0.335 e. The summed E-state index contributed by atoms with van der Waals surface area (Å²) in [5.74, 6) is -0.855. The molecule has 4 heteroatoms. The largest absolute Gasteiger partial charge is 0.478 e. The van der Waals surface area contributed by atoms with E-state index in [1.54, 1.807) is 6.07 Å². The van der Waals surface area contributed by atoms with Crippen LogP contribution in [-0.4, -0.2) is 22.4 Å². The molecule has 0 aliphatic carbocycles. The highest BCUT2D eigenvalue weighted by Gasteiger charge is 2.42. The summed E-state index contributed by atoms with van der Waals surface area (Å²) in [5.41, 5.74) is 5.24. The molecule has 0 amide bonds. The normalized spacial score (nSPS) is 17.6. The van der Waals surface area contributed by atoms with Gasteiger partial charge in [-0.2, -0.15) is 0 Å². The molecule has 0 aromatic heterocycles. The summed E-state index contributed by atoms with van der Waals surface area (Å²) in [5, 5.41) is 9.94. The monoisotopic (exact) mass is 494 g/mol. The van der Waals surface area contributed by atoms with Gasteiger partial charge in [0.2, 0.25) is 0 Å². The van der Waals surface area contributed by atoms with E-state index in [4.69, 9.17) is 4.74 Å². The van der Waals surface area contributed by atoms with Crippen molar-refractivity contribution in [2.75, 3.05) is 0 Å². The Labute approximate surface area is 216 Å². The molecule has 1 heterocycles. The molecule has 1 N–H and O–H groups in total. The molecule has 0 radical (unpaired) electrons. The van der Waals surface area contributed by atoms with Gasteiger partial charge in [0, 0.05) is 17.1 Å². The highest BCUT2D eigenvalue weighted by atomic mass is 32.2. The maximum atomic E-state index is 11.6. The summed E-state index contributed by atoms with van der Waals surface area (Å²) in [6.45, 7) is 16.2. The van der Waals surface area contributed by atoms with E-state index in [-0.39, 0.29) is 16.9 Å². The summed E-state index contributed by atoms with van der Waals surface area (Å²) >= 11 is 2.04. The van der Waals surface area contributed by atoms with Crippen LogP contribution in [0.25, 0.3) is 0 Å². The predicted octanol–water partition coefficient (Wildman–Crippen LogP) is 8.55. The Morgan fingerprint density at radius 2 is 1.74 bits per heavy atom. The topological polar surface area (TPSA) is 46.5 Å². The molecular formula is C31H42O3S. The Hall–Kier alpha value is -2.04. The van der Waals surface area contributed by atoms with Gasteiger partial charge in [-0.05, 0) is 66.2 Å². The number of aromatic carboxylic acids is 1. The minimum absolute atomic E-state index is 0.0115. The molecule has 1 aliphatic heterocycles. The van der Waals surface area contributed by atoms with Gasteiger partial charge >= 0.3 is 5.97 Å². The standard InChI is InChI=1S/C31H42O3S/c1-8-31(9-2,24-15-16-25(29(32)33)21(3)17-24)28-18-22(4)26(35-28)19-27(30(5,6)7)34-20-23-13-11-10-12-14-23/h10-17,27-28H,8-9,18-20H2,1-7H3,(H,32,33). The van der Waals surface area contributed by atoms with Crippen molar-refractivity contribution in [3.63, 3.8) is 0 Å². The molecule has 2 atom stereocenters. The molecule has 0 saturated carbocycles. The van der Waals surface area contributed by atoms with Crippen molar-refractivity contribution in [1.29, 1.82) is 0 Å². The number of hydrogen-bond acceptors (Lipinski definition) is 3.